The summed E-state index contributed by atoms with van der Waals surface area (Å²) in [5, 5.41) is 0. The highest BCUT2D eigenvalue weighted by atomic mass is 16.5. The molecule has 0 radical (unpaired) electrons. The number of aromatic nitrogens is 1. The third-order valence-corrected chi connectivity index (χ3v) is 5.83. The zero-order valence-electron chi connectivity index (χ0n) is 19.1. The van der Waals surface area contributed by atoms with Gasteiger partial charge in [-0.15, -0.1) is 0 Å². The molecule has 5 rings (SSSR count). The van der Waals surface area contributed by atoms with Crippen molar-refractivity contribution in [2.24, 2.45) is 4.99 Å². The van der Waals surface area contributed by atoms with Gasteiger partial charge in [-0.1, -0.05) is 48.6 Å². The summed E-state index contributed by atoms with van der Waals surface area (Å²) in [6.45, 7) is 1.12. The fraction of sp³-hybridized carbons (Fsp3) is 0.133. The highest BCUT2D eigenvalue weighted by Gasteiger charge is 2.10. The van der Waals surface area contributed by atoms with E-state index in [-0.39, 0.29) is 0 Å². The van der Waals surface area contributed by atoms with Crippen LogP contribution in [-0.4, -0.2) is 24.4 Å². The monoisotopic (exact) mass is 446 g/mol. The summed E-state index contributed by atoms with van der Waals surface area (Å²) in [4.78, 5) is 8.93. The number of allylic oxidation sites excluding steroid dienone is 4. The molecule has 1 aromatic heterocycles. The molecule has 2 heterocycles. The maximum Gasteiger partial charge on any atom is 0.130 e. The molecule has 0 N–H and O–H groups in total. The summed E-state index contributed by atoms with van der Waals surface area (Å²) >= 11 is 0. The molecule has 34 heavy (non-hydrogen) atoms. The van der Waals surface area contributed by atoms with Crippen molar-refractivity contribution in [3.8, 4) is 11.5 Å². The van der Waals surface area contributed by atoms with Crippen LogP contribution in [0.1, 0.15) is 22.4 Å². The molecule has 0 saturated carbocycles. The van der Waals surface area contributed by atoms with Gasteiger partial charge in [0.25, 0.3) is 0 Å². The van der Waals surface area contributed by atoms with Gasteiger partial charge in [-0.25, -0.2) is 0 Å². The van der Waals surface area contributed by atoms with Gasteiger partial charge in [0.05, 0.1) is 25.1 Å². The Morgan fingerprint density at radius 3 is 2.62 bits per heavy atom. The predicted octanol–water partition coefficient (Wildman–Crippen LogP) is 6.26. The maximum absolute atomic E-state index is 5.86. The lowest BCUT2D eigenvalue weighted by atomic mass is 10.1. The summed E-state index contributed by atoms with van der Waals surface area (Å²) < 4.78 is 11.4. The Hall–Kier alpha value is -4.18. The van der Waals surface area contributed by atoms with Crippen LogP contribution < -0.4 is 9.47 Å². The molecule has 0 unspecified atom stereocenters. The first-order valence-electron chi connectivity index (χ1n) is 11.4. The van der Waals surface area contributed by atoms with Crippen LogP contribution >= 0.6 is 0 Å². The number of ether oxygens (including phenoxy) is 2. The second-order valence-electron chi connectivity index (χ2n) is 8.24. The summed E-state index contributed by atoms with van der Waals surface area (Å²) in [5.74, 6) is 1.50. The van der Waals surface area contributed by atoms with E-state index in [2.05, 4.69) is 58.5 Å². The summed E-state index contributed by atoms with van der Waals surface area (Å²) in [5.41, 5.74) is 8.08. The topological polar surface area (TPSA) is 43.7 Å². The molecule has 3 aromatic rings. The van der Waals surface area contributed by atoms with Gasteiger partial charge in [0.1, 0.15) is 18.1 Å². The zero-order chi connectivity index (χ0) is 23.2. The van der Waals surface area contributed by atoms with E-state index in [1.54, 1.807) is 13.3 Å². The Morgan fingerprint density at radius 1 is 0.882 bits per heavy atom. The lowest BCUT2D eigenvalue weighted by molar-refractivity contribution is 0.299. The van der Waals surface area contributed by atoms with Gasteiger partial charge in [-0.05, 0) is 71.2 Å². The predicted molar refractivity (Wildman–Crippen MR) is 138 cm³/mol. The van der Waals surface area contributed by atoms with E-state index in [1.165, 1.54) is 22.3 Å². The normalized spacial score (nSPS) is 14.8. The number of nitrogens with zero attached hydrogens (tertiary/aromatic N) is 2. The molecule has 4 heteroatoms. The number of benzene rings is 2. The minimum atomic E-state index is 0.417. The number of pyridine rings is 1. The Balaban J connectivity index is 1.20. The van der Waals surface area contributed by atoms with Gasteiger partial charge in [0, 0.05) is 17.8 Å². The Bertz CT molecular complexity index is 1330. The standard InChI is InChI=1S/C30H26N2O2/c1-33-30-19-29(34-21-28-8-4-5-15-31-28)14-12-24(30)11-13-27-18-23(20-32-27)10-9-22-16-25-6-2-3-7-26(25)17-22/h2-16,18-19H,17,20-21H2,1H3/b10-9+,13-11+. The van der Waals surface area contributed by atoms with E-state index in [9.17, 15) is 0 Å². The van der Waals surface area contributed by atoms with Crippen LogP contribution in [0.3, 0.4) is 0 Å². The van der Waals surface area contributed by atoms with E-state index < -0.39 is 0 Å². The number of hydrogen-bond donors (Lipinski definition) is 0. The smallest absolute Gasteiger partial charge is 0.130 e. The molecular weight excluding hydrogens is 420 g/mol. The number of aliphatic imine (C=N–C) groups is 1. The molecule has 0 amide bonds. The molecule has 0 fully saturated rings. The molecule has 4 nitrogen and oxygen atoms in total. The third-order valence-electron chi connectivity index (χ3n) is 5.83. The SMILES string of the molecule is COc1cc(OCc2ccccn2)ccc1/C=C/C1=NCC(/C=C/C2=Cc3ccccc3C2)=C1. The fourth-order valence-electron chi connectivity index (χ4n) is 4.03. The van der Waals surface area contributed by atoms with Crippen molar-refractivity contribution < 1.29 is 9.47 Å². The second-order valence-corrected chi connectivity index (χ2v) is 8.24. The lowest BCUT2D eigenvalue weighted by Crippen LogP contribution is -1.98. The van der Waals surface area contributed by atoms with Crippen molar-refractivity contribution in [1.82, 2.24) is 4.98 Å². The molecule has 168 valence electrons. The minimum absolute atomic E-state index is 0.417. The molecule has 2 aliphatic rings. The van der Waals surface area contributed by atoms with Crippen molar-refractivity contribution in [2.75, 3.05) is 13.7 Å². The summed E-state index contributed by atoms with van der Waals surface area (Å²) in [6, 6.07) is 20.2. The zero-order valence-corrected chi connectivity index (χ0v) is 19.1. The van der Waals surface area contributed by atoms with Crippen LogP contribution in [0.2, 0.25) is 0 Å². The number of hydrogen-bond acceptors (Lipinski definition) is 4. The average molecular weight is 447 g/mol. The van der Waals surface area contributed by atoms with E-state index in [0.717, 1.165) is 34.9 Å². The quantitative estimate of drug-likeness (QED) is 0.410. The molecule has 0 atom stereocenters. The summed E-state index contributed by atoms with van der Waals surface area (Å²) in [7, 11) is 1.67. The Labute approximate surface area is 200 Å². The van der Waals surface area contributed by atoms with Crippen molar-refractivity contribution >= 4 is 17.9 Å². The van der Waals surface area contributed by atoms with Crippen molar-refractivity contribution in [3.05, 3.63) is 125 Å². The first-order valence-corrected chi connectivity index (χ1v) is 11.4. The molecule has 0 bridgehead atoms. The number of methoxy groups -OCH3 is 1. The van der Waals surface area contributed by atoms with Gasteiger partial charge < -0.3 is 9.47 Å². The fourth-order valence-corrected chi connectivity index (χ4v) is 4.03. The van der Waals surface area contributed by atoms with Gasteiger partial charge in [-0.2, -0.15) is 0 Å². The van der Waals surface area contributed by atoms with E-state index >= 15 is 0 Å². The van der Waals surface area contributed by atoms with Gasteiger partial charge in [0.15, 0.2) is 0 Å². The van der Waals surface area contributed by atoms with E-state index in [1.807, 2.05) is 48.6 Å². The Morgan fingerprint density at radius 2 is 1.76 bits per heavy atom. The second kappa shape index (κ2) is 10.2. The first kappa shape index (κ1) is 21.7. The Kier molecular flexibility index (Phi) is 6.48. The van der Waals surface area contributed by atoms with E-state index in [4.69, 9.17) is 9.47 Å². The minimum Gasteiger partial charge on any atom is -0.496 e. The van der Waals surface area contributed by atoms with Crippen LogP contribution in [0.25, 0.3) is 12.2 Å². The molecular formula is C30H26N2O2. The van der Waals surface area contributed by atoms with Crippen LogP contribution in [0.15, 0.2) is 107 Å². The highest BCUT2D eigenvalue weighted by Crippen LogP contribution is 2.27. The molecule has 2 aromatic carbocycles. The van der Waals surface area contributed by atoms with Gasteiger partial charge >= 0.3 is 0 Å². The van der Waals surface area contributed by atoms with Crippen molar-refractivity contribution in [2.45, 2.75) is 13.0 Å². The van der Waals surface area contributed by atoms with Gasteiger partial charge in [-0.3, -0.25) is 9.98 Å². The van der Waals surface area contributed by atoms with E-state index in [0.29, 0.717) is 13.2 Å². The molecule has 0 spiro atoms. The molecule has 1 aliphatic heterocycles. The van der Waals surface area contributed by atoms with Crippen molar-refractivity contribution in [1.29, 1.82) is 0 Å². The van der Waals surface area contributed by atoms with Crippen LogP contribution in [0, 0.1) is 0 Å². The first-order chi connectivity index (χ1) is 16.8. The van der Waals surface area contributed by atoms with Crippen molar-refractivity contribution in [3.63, 3.8) is 0 Å². The highest BCUT2D eigenvalue weighted by molar-refractivity contribution is 6.08. The molecule has 1 aliphatic carbocycles. The maximum atomic E-state index is 5.86. The third kappa shape index (κ3) is 5.24. The van der Waals surface area contributed by atoms with Gasteiger partial charge in [0.2, 0.25) is 0 Å². The largest absolute Gasteiger partial charge is 0.496 e. The summed E-state index contributed by atoms with van der Waals surface area (Å²) in [6.07, 6.45) is 15.6. The average Bonchev–Trinajstić information content (AvgIpc) is 3.52. The van der Waals surface area contributed by atoms with Crippen LogP contribution in [0.5, 0.6) is 11.5 Å². The van der Waals surface area contributed by atoms with Crippen LogP contribution in [0.4, 0.5) is 0 Å². The lowest BCUT2D eigenvalue weighted by Gasteiger charge is -2.09. The number of fused-ring (bicyclic) bond motifs is 1. The molecule has 0 saturated heterocycles. The number of rotatable bonds is 8. The van der Waals surface area contributed by atoms with Crippen LogP contribution in [-0.2, 0) is 13.0 Å².